The van der Waals surface area contributed by atoms with Crippen molar-refractivity contribution in [2.45, 2.75) is 27.7 Å². The van der Waals surface area contributed by atoms with Gasteiger partial charge in [0.25, 0.3) is 0 Å². The van der Waals surface area contributed by atoms with E-state index >= 15 is 0 Å². The van der Waals surface area contributed by atoms with Crippen LogP contribution in [0.2, 0.25) is 0 Å². The summed E-state index contributed by atoms with van der Waals surface area (Å²) in [5, 5.41) is 0.609. The van der Waals surface area contributed by atoms with E-state index in [-0.39, 0.29) is 5.63 Å². The molecule has 0 unspecified atom stereocenters. The van der Waals surface area contributed by atoms with E-state index in [0.717, 1.165) is 22.2 Å². The van der Waals surface area contributed by atoms with Gasteiger partial charge in [0.2, 0.25) is 0 Å². The molecule has 3 heteroatoms. The molecule has 0 aliphatic carbocycles. The lowest BCUT2D eigenvalue weighted by atomic mass is 10.0. The lowest BCUT2D eigenvalue weighted by molar-refractivity contribution is 0.466. The topological polar surface area (TPSA) is 43.1 Å². The summed E-state index contributed by atoms with van der Waals surface area (Å²) in [6.07, 6.45) is 0. The van der Waals surface area contributed by atoms with Gasteiger partial charge in [0.15, 0.2) is 5.89 Å². The van der Waals surface area contributed by atoms with E-state index in [1.165, 1.54) is 0 Å². The van der Waals surface area contributed by atoms with Crippen LogP contribution in [0.5, 0.6) is 0 Å². The molecule has 0 bridgehead atoms. The first-order chi connectivity index (χ1) is 7.00. The summed E-state index contributed by atoms with van der Waals surface area (Å²) in [5.74, 6) is 0.416. The maximum atomic E-state index is 11.7. The number of rotatable bonds is 0. The van der Waals surface area contributed by atoms with Crippen LogP contribution in [0.1, 0.15) is 22.6 Å². The Bertz CT molecular complexity index is 597. The predicted molar refractivity (Wildman–Crippen MR) is 59.2 cm³/mol. The molecule has 0 radical (unpaired) electrons. The number of aryl methyl sites for hydroxylation is 4. The number of fused-ring (bicyclic) bond motifs is 1. The molecule has 0 saturated carbocycles. The summed E-state index contributed by atoms with van der Waals surface area (Å²) in [6, 6.07) is 2.05. The van der Waals surface area contributed by atoms with Crippen molar-refractivity contribution in [1.82, 2.24) is 4.98 Å². The second-order valence-electron chi connectivity index (χ2n) is 3.88. The van der Waals surface area contributed by atoms with Crippen LogP contribution in [0.3, 0.4) is 0 Å². The minimum absolute atomic E-state index is 0.290. The Morgan fingerprint density at radius 3 is 2.47 bits per heavy atom. The monoisotopic (exact) mass is 203 g/mol. The van der Waals surface area contributed by atoms with Gasteiger partial charge in [-0.1, -0.05) is 6.07 Å². The van der Waals surface area contributed by atoms with Crippen molar-refractivity contribution in [3.05, 3.63) is 39.1 Å². The fourth-order valence-corrected chi connectivity index (χ4v) is 1.83. The number of aromatic nitrogens is 1. The maximum Gasteiger partial charge on any atom is 0.347 e. The molecule has 0 aliphatic rings. The maximum absolute atomic E-state index is 11.7. The molecule has 0 amide bonds. The van der Waals surface area contributed by atoms with Crippen LogP contribution in [-0.2, 0) is 0 Å². The molecule has 1 heterocycles. The molecule has 0 N–H and O–H groups in total. The molecule has 3 nitrogen and oxygen atoms in total. The van der Waals surface area contributed by atoms with E-state index in [0.29, 0.717) is 11.3 Å². The van der Waals surface area contributed by atoms with Gasteiger partial charge in [0.1, 0.15) is 0 Å². The molecule has 0 atom stereocenters. The largest absolute Gasteiger partial charge is 0.408 e. The SMILES string of the molecule is Cc1nc2c(C)cc(C)c(C)c2c(=O)o1. The number of nitrogens with zero attached hydrogens (tertiary/aromatic N) is 1. The summed E-state index contributed by atoms with van der Waals surface area (Å²) < 4.78 is 5.01. The summed E-state index contributed by atoms with van der Waals surface area (Å²) >= 11 is 0. The molecule has 2 rings (SSSR count). The van der Waals surface area contributed by atoms with Gasteiger partial charge in [-0.3, -0.25) is 0 Å². The van der Waals surface area contributed by atoms with E-state index in [4.69, 9.17) is 4.42 Å². The van der Waals surface area contributed by atoms with E-state index < -0.39 is 0 Å². The molecule has 0 aliphatic heterocycles. The fourth-order valence-electron chi connectivity index (χ4n) is 1.83. The highest BCUT2D eigenvalue weighted by atomic mass is 16.4. The third-order valence-corrected chi connectivity index (χ3v) is 2.72. The van der Waals surface area contributed by atoms with Crippen molar-refractivity contribution in [3.8, 4) is 0 Å². The molecule has 0 fully saturated rings. The molecular formula is C12H13NO2. The molecule has 0 saturated heterocycles. The summed E-state index contributed by atoms with van der Waals surface area (Å²) in [5.41, 5.74) is 3.53. The molecule has 15 heavy (non-hydrogen) atoms. The Morgan fingerprint density at radius 1 is 1.13 bits per heavy atom. The average Bonchev–Trinajstić information content (AvgIpc) is 2.13. The van der Waals surface area contributed by atoms with Crippen molar-refractivity contribution < 1.29 is 4.42 Å². The first-order valence-corrected chi connectivity index (χ1v) is 4.89. The molecule has 78 valence electrons. The summed E-state index contributed by atoms with van der Waals surface area (Å²) in [6.45, 7) is 7.56. The first-order valence-electron chi connectivity index (χ1n) is 4.89. The number of benzene rings is 1. The van der Waals surface area contributed by atoms with Crippen LogP contribution < -0.4 is 5.63 Å². The van der Waals surface area contributed by atoms with Crippen LogP contribution >= 0.6 is 0 Å². The number of hydrogen-bond donors (Lipinski definition) is 0. The second kappa shape index (κ2) is 3.19. The highest BCUT2D eigenvalue weighted by molar-refractivity contribution is 5.84. The number of hydrogen-bond acceptors (Lipinski definition) is 3. The van der Waals surface area contributed by atoms with Crippen LogP contribution in [0.4, 0.5) is 0 Å². The van der Waals surface area contributed by atoms with Gasteiger partial charge in [-0.2, -0.15) is 0 Å². The van der Waals surface area contributed by atoms with Crippen molar-refractivity contribution in [1.29, 1.82) is 0 Å². The normalized spacial score (nSPS) is 10.9. The fraction of sp³-hybridized carbons (Fsp3) is 0.333. The Balaban J connectivity index is 3.10. The van der Waals surface area contributed by atoms with E-state index in [9.17, 15) is 4.79 Å². The highest BCUT2D eigenvalue weighted by Crippen LogP contribution is 2.20. The Labute approximate surface area is 87.8 Å². The molecule has 1 aromatic heterocycles. The Morgan fingerprint density at radius 2 is 1.80 bits per heavy atom. The van der Waals surface area contributed by atoms with Crippen LogP contribution in [-0.4, -0.2) is 4.98 Å². The Kier molecular flexibility index (Phi) is 2.11. The van der Waals surface area contributed by atoms with Gasteiger partial charge in [-0.25, -0.2) is 9.78 Å². The zero-order valence-electron chi connectivity index (χ0n) is 9.34. The summed E-state index contributed by atoms with van der Waals surface area (Å²) in [4.78, 5) is 16.0. The standard InChI is InChI=1S/C12H13NO2/c1-6-5-7(2)11-10(8(6)3)12(14)15-9(4)13-11/h5H,1-4H3. The van der Waals surface area contributed by atoms with Gasteiger partial charge in [-0.05, 0) is 37.5 Å². The van der Waals surface area contributed by atoms with Crippen LogP contribution in [0, 0.1) is 27.7 Å². The van der Waals surface area contributed by atoms with Crippen molar-refractivity contribution in [3.63, 3.8) is 0 Å². The second-order valence-corrected chi connectivity index (χ2v) is 3.88. The highest BCUT2D eigenvalue weighted by Gasteiger charge is 2.10. The van der Waals surface area contributed by atoms with Crippen molar-refractivity contribution in [2.75, 3.05) is 0 Å². The van der Waals surface area contributed by atoms with Crippen LogP contribution in [0.25, 0.3) is 10.9 Å². The Hall–Kier alpha value is -1.64. The van der Waals surface area contributed by atoms with Crippen LogP contribution in [0.15, 0.2) is 15.3 Å². The van der Waals surface area contributed by atoms with Gasteiger partial charge in [-0.15, -0.1) is 0 Å². The van der Waals surface area contributed by atoms with E-state index in [1.54, 1.807) is 6.92 Å². The molecule has 2 aromatic rings. The summed E-state index contributed by atoms with van der Waals surface area (Å²) in [7, 11) is 0. The minimum atomic E-state index is -0.290. The molecule has 0 spiro atoms. The molecule has 1 aromatic carbocycles. The lowest BCUT2D eigenvalue weighted by Gasteiger charge is -2.07. The average molecular weight is 203 g/mol. The van der Waals surface area contributed by atoms with Gasteiger partial charge < -0.3 is 4.42 Å². The van der Waals surface area contributed by atoms with Gasteiger partial charge in [0, 0.05) is 6.92 Å². The first kappa shape index (κ1) is 9.90. The third kappa shape index (κ3) is 1.44. The molecular weight excluding hydrogens is 190 g/mol. The van der Waals surface area contributed by atoms with E-state index in [1.807, 2.05) is 26.8 Å². The quantitative estimate of drug-likeness (QED) is 0.660. The zero-order valence-corrected chi connectivity index (χ0v) is 9.34. The lowest BCUT2D eigenvalue weighted by Crippen LogP contribution is -2.06. The van der Waals surface area contributed by atoms with Gasteiger partial charge in [0.05, 0.1) is 10.9 Å². The smallest absolute Gasteiger partial charge is 0.347 e. The predicted octanol–water partition coefficient (Wildman–Crippen LogP) is 2.42. The van der Waals surface area contributed by atoms with E-state index in [2.05, 4.69) is 4.98 Å². The van der Waals surface area contributed by atoms with Crippen molar-refractivity contribution in [2.24, 2.45) is 0 Å². The zero-order chi connectivity index (χ0) is 11.2. The minimum Gasteiger partial charge on any atom is -0.408 e. The third-order valence-electron chi connectivity index (χ3n) is 2.72. The van der Waals surface area contributed by atoms with Gasteiger partial charge >= 0.3 is 5.63 Å². The van der Waals surface area contributed by atoms with Crippen molar-refractivity contribution >= 4 is 10.9 Å².